The highest BCUT2D eigenvalue weighted by Crippen LogP contribution is 2.27. The van der Waals surface area contributed by atoms with Crippen LogP contribution in [0.5, 0.6) is 5.75 Å². The standard InChI is InChI=1S/C16H24ClN3O3/c1-22-15-3-2-13(17)12-14(15)18-5-4-16(21)19-6-7-20-8-10-23-11-9-20/h2-3,12,18H,4-11H2,1H3,(H,19,21). The van der Waals surface area contributed by atoms with Crippen molar-refractivity contribution in [2.75, 3.05) is 58.4 Å². The van der Waals surface area contributed by atoms with Crippen molar-refractivity contribution in [3.8, 4) is 5.75 Å². The van der Waals surface area contributed by atoms with Crippen LogP contribution in [0.3, 0.4) is 0 Å². The van der Waals surface area contributed by atoms with E-state index in [0.29, 0.717) is 30.3 Å². The third-order valence-corrected chi connectivity index (χ3v) is 3.92. The quantitative estimate of drug-likeness (QED) is 0.752. The number of halogens is 1. The number of carbonyl (C=O) groups is 1. The molecule has 6 nitrogen and oxygen atoms in total. The molecule has 0 atom stereocenters. The molecule has 128 valence electrons. The lowest BCUT2D eigenvalue weighted by Crippen LogP contribution is -2.41. The third-order valence-electron chi connectivity index (χ3n) is 3.68. The van der Waals surface area contributed by atoms with Gasteiger partial charge in [-0.05, 0) is 18.2 Å². The molecule has 0 bridgehead atoms. The Morgan fingerprint density at radius 3 is 2.87 bits per heavy atom. The maximum atomic E-state index is 11.8. The van der Waals surface area contributed by atoms with E-state index in [4.69, 9.17) is 21.1 Å². The average molecular weight is 342 g/mol. The number of hydrogen-bond acceptors (Lipinski definition) is 5. The highest BCUT2D eigenvalue weighted by Gasteiger charge is 2.10. The zero-order valence-corrected chi connectivity index (χ0v) is 14.2. The molecule has 1 aromatic rings. The van der Waals surface area contributed by atoms with Crippen LogP contribution in [0.25, 0.3) is 0 Å². The molecule has 0 spiro atoms. The van der Waals surface area contributed by atoms with Crippen LogP contribution in [-0.4, -0.2) is 63.9 Å². The normalized spacial score (nSPS) is 15.2. The number of amides is 1. The van der Waals surface area contributed by atoms with Crippen molar-refractivity contribution in [1.82, 2.24) is 10.2 Å². The monoisotopic (exact) mass is 341 g/mol. The molecule has 1 aliphatic heterocycles. The summed E-state index contributed by atoms with van der Waals surface area (Å²) < 4.78 is 10.5. The molecule has 1 fully saturated rings. The van der Waals surface area contributed by atoms with Crippen LogP contribution in [0, 0.1) is 0 Å². The van der Waals surface area contributed by atoms with E-state index < -0.39 is 0 Å². The first kappa shape index (κ1) is 17.8. The predicted molar refractivity (Wildman–Crippen MR) is 91.4 cm³/mol. The number of nitrogens with one attached hydrogen (secondary N) is 2. The highest BCUT2D eigenvalue weighted by molar-refractivity contribution is 6.30. The minimum atomic E-state index is 0.0340. The van der Waals surface area contributed by atoms with E-state index in [1.165, 1.54) is 0 Å². The van der Waals surface area contributed by atoms with Gasteiger partial charge in [0.1, 0.15) is 5.75 Å². The van der Waals surface area contributed by atoms with Gasteiger partial charge in [-0.1, -0.05) is 11.6 Å². The smallest absolute Gasteiger partial charge is 0.221 e. The van der Waals surface area contributed by atoms with Crippen LogP contribution < -0.4 is 15.4 Å². The Labute approximate surface area is 142 Å². The fourth-order valence-electron chi connectivity index (χ4n) is 2.40. The molecular weight excluding hydrogens is 318 g/mol. The first-order valence-corrected chi connectivity index (χ1v) is 8.21. The highest BCUT2D eigenvalue weighted by atomic mass is 35.5. The van der Waals surface area contributed by atoms with Crippen molar-refractivity contribution in [1.29, 1.82) is 0 Å². The molecule has 1 heterocycles. The van der Waals surface area contributed by atoms with Crippen molar-refractivity contribution in [2.24, 2.45) is 0 Å². The summed E-state index contributed by atoms with van der Waals surface area (Å²) in [4.78, 5) is 14.1. The second-order valence-corrected chi connectivity index (χ2v) is 5.76. The molecule has 1 aromatic carbocycles. The lowest BCUT2D eigenvalue weighted by atomic mass is 10.2. The molecule has 23 heavy (non-hydrogen) atoms. The summed E-state index contributed by atoms with van der Waals surface area (Å²) in [6.07, 6.45) is 0.402. The van der Waals surface area contributed by atoms with Gasteiger partial charge in [0.25, 0.3) is 0 Å². The number of hydrogen-bond donors (Lipinski definition) is 2. The maximum Gasteiger partial charge on any atom is 0.221 e. The lowest BCUT2D eigenvalue weighted by molar-refractivity contribution is -0.120. The fraction of sp³-hybridized carbons (Fsp3) is 0.562. The van der Waals surface area contributed by atoms with Gasteiger partial charge in [-0.3, -0.25) is 9.69 Å². The third kappa shape index (κ3) is 6.25. The number of carbonyl (C=O) groups excluding carboxylic acids is 1. The molecule has 0 aromatic heterocycles. The Morgan fingerprint density at radius 2 is 2.13 bits per heavy atom. The van der Waals surface area contributed by atoms with E-state index in [9.17, 15) is 4.79 Å². The summed E-state index contributed by atoms with van der Waals surface area (Å²) in [5.41, 5.74) is 0.793. The first-order valence-electron chi connectivity index (χ1n) is 7.83. The molecule has 0 unspecified atom stereocenters. The topological polar surface area (TPSA) is 62.8 Å². The van der Waals surface area contributed by atoms with Crippen LogP contribution in [0.1, 0.15) is 6.42 Å². The van der Waals surface area contributed by atoms with Crippen LogP contribution in [0.2, 0.25) is 5.02 Å². The molecule has 0 saturated carbocycles. The molecular formula is C16H24ClN3O3. The Morgan fingerprint density at radius 1 is 1.35 bits per heavy atom. The molecule has 7 heteroatoms. The minimum absolute atomic E-state index is 0.0340. The van der Waals surface area contributed by atoms with Gasteiger partial charge in [-0.15, -0.1) is 0 Å². The maximum absolute atomic E-state index is 11.8. The summed E-state index contributed by atoms with van der Waals surface area (Å²) in [6.45, 7) is 5.49. The molecule has 2 N–H and O–H groups in total. The molecule has 0 aliphatic carbocycles. The predicted octanol–water partition coefficient (Wildman–Crippen LogP) is 1.60. The fourth-order valence-corrected chi connectivity index (χ4v) is 2.57. The number of ether oxygens (including phenoxy) is 2. The SMILES string of the molecule is COc1ccc(Cl)cc1NCCC(=O)NCCN1CCOCC1. The van der Waals surface area contributed by atoms with E-state index in [1.807, 2.05) is 0 Å². The van der Waals surface area contributed by atoms with Gasteiger partial charge in [-0.2, -0.15) is 0 Å². The van der Waals surface area contributed by atoms with Crippen molar-refractivity contribution in [2.45, 2.75) is 6.42 Å². The van der Waals surface area contributed by atoms with E-state index in [0.717, 1.165) is 38.5 Å². The Bertz CT molecular complexity index is 507. The number of anilines is 1. The summed E-state index contributed by atoms with van der Waals surface area (Å²) in [5.74, 6) is 0.744. The van der Waals surface area contributed by atoms with Gasteiger partial charge < -0.3 is 20.1 Å². The van der Waals surface area contributed by atoms with Crippen LogP contribution in [-0.2, 0) is 9.53 Å². The van der Waals surface area contributed by atoms with Gasteiger partial charge in [0.15, 0.2) is 0 Å². The molecule has 2 rings (SSSR count). The average Bonchev–Trinajstić information content (AvgIpc) is 2.56. The second-order valence-electron chi connectivity index (χ2n) is 5.33. The Balaban J connectivity index is 1.63. The van der Waals surface area contributed by atoms with Crippen LogP contribution in [0.4, 0.5) is 5.69 Å². The second kappa shape index (κ2) is 9.60. The van der Waals surface area contributed by atoms with Crippen molar-refractivity contribution in [3.63, 3.8) is 0 Å². The summed E-state index contributed by atoms with van der Waals surface area (Å²) in [5, 5.41) is 6.74. The van der Waals surface area contributed by atoms with Crippen molar-refractivity contribution < 1.29 is 14.3 Å². The molecule has 1 saturated heterocycles. The summed E-state index contributed by atoms with van der Waals surface area (Å²) in [6, 6.07) is 5.35. The Kier molecular flexibility index (Phi) is 7.45. The number of morpholine rings is 1. The zero-order chi connectivity index (χ0) is 16.5. The molecule has 0 radical (unpaired) electrons. The first-order chi connectivity index (χ1) is 11.2. The number of methoxy groups -OCH3 is 1. The van der Waals surface area contributed by atoms with Gasteiger partial charge in [-0.25, -0.2) is 0 Å². The molecule has 1 amide bonds. The number of nitrogens with zero attached hydrogens (tertiary/aromatic N) is 1. The summed E-state index contributed by atoms with van der Waals surface area (Å²) >= 11 is 5.97. The molecule has 1 aliphatic rings. The largest absolute Gasteiger partial charge is 0.495 e. The van der Waals surface area contributed by atoms with Gasteiger partial charge in [0.2, 0.25) is 5.91 Å². The minimum Gasteiger partial charge on any atom is -0.495 e. The van der Waals surface area contributed by atoms with Gasteiger partial charge in [0.05, 0.1) is 26.0 Å². The van der Waals surface area contributed by atoms with E-state index in [-0.39, 0.29) is 5.91 Å². The zero-order valence-electron chi connectivity index (χ0n) is 13.4. The van der Waals surface area contributed by atoms with Crippen molar-refractivity contribution >= 4 is 23.2 Å². The summed E-state index contributed by atoms with van der Waals surface area (Å²) in [7, 11) is 1.60. The lowest BCUT2D eigenvalue weighted by Gasteiger charge is -2.26. The van der Waals surface area contributed by atoms with Gasteiger partial charge >= 0.3 is 0 Å². The van der Waals surface area contributed by atoms with E-state index in [1.54, 1.807) is 25.3 Å². The van der Waals surface area contributed by atoms with E-state index in [2.05, 4.69) is 15.5 Å². The number of rotatable bonds is 8. The number of benzene rings is 1. The van der Waals surface area contributed by atoms with Crippen LogP contribution >= 0.6 is 11.6 Å². The van der Waals surface area contributed by atoms with E-state index >= 15 is 0 Å². The Hall–Kier alpha value is -1.50. The van der Waals surface area contributed by atoms with Crippen LogP contribution in [0.15, 0.2) is 18.2 Å². The van der Waals surface area contributed by atoms with Crippen molar-refractivity contribution in [3.05, 3.63) is 23.2 Å². The van der Waals surface area contributed by atoms with Gasteiger partial charge in [0, 0.05) is 44.2 Å².